The maximum absolute atomic E-state index is 12.5. The van der Waals surface area contributed by atoms with E-state index in [1.54, 1.807) is 12.1 Å². The van der Waals surface area contributed by atoms with Gasteiger partial charge in [0, 0.05) is 0 Å². The summed E-state index contributed by atoms with van der Waals surface area (Å²) in [6, 6.07) is 17.4. The van der Waals surface area contributed by atoms with Crippen LogP contribution in [0.4, 0.5) is 5.69 Å². The van der Waals surface area contributed by atoms with Crippen molar-refractivity contribution in [2.24, 2.45) is 0 Å². The molecule has 0 atom stereocenters. The highest BCUT2D eigenvalue weighted by Crippen LogP contribution is 2.23. The van der Waals surface area contributed by atoms with Gasteiger partial charge < -0.3 is 0 Å². The van der Waals surface area contributed by atoms with Crippen molar-refractivity contribution in [2.45, 2.75) is 33.1 Å². The Morgan fingerprint density at radius 1 is 0.923 bits per heavy atom. The molecule has 0 spiro atoms. The third-order valence-corrected chi connectivity index (χ3v) is 5.52. The predicted octanol–water partition coefficient (Wildman–Crippen LogP) is 3.80. The minimum Gasteiger partial charge on any atom is -0.280 e. The number of sulfonamides is 1. The first-order chi connectivity index (χ1) is 12.3. The van der Waals surface area contributed by atoms with Gasteiger partial charge in [-0.2, -0.15) is 5.10 Å². The molecule has 1 N–H and O–H groups in total. The molecule has 0 saturated heterocycles. The molecule has 0 unspecified atom stereocenters. The van der Waals surface area contributed by atoms with Crippen LogP contribution in [0.3, 0.4) is 0 Å². The van der Waals surface area contributed by atoms with E-state index < -0.39 is 10.0 Å². The first kappa shape index (κ1) is 18.2. The number of nitrogens with zero attached hydrogens (tertiary/aromatic N) is 2. The summed E-state index contributed by atoms with van der Waals surface area (Å²) in [5.74, 6) is -0.0597. The molecule has 0 bridgehead atoms. The van der Waals surface area contributed by atoms with Gasteiger partial charge in [-0.3, -0.25) is 9.40 Å². The Kier molecular flexibility index (Phi) is 5.13. The summed E-state index contributed by atoms with van der Waals surface area (Å²) >= 11 is 0. The monoisotopic (exact) mass is 369 g/mol. The second kappa shape index (κ2) is 7.33. The SMILES string of the molecule is Cc1ccc(Cn2nc(C)c(NS(=O)(=O)Cc3ccccc3)c2C)cc1. The number of hydrogen-bond donors (Lipinski definition) is 1. The largest absolute Gasteiger partial charge is 0.280 e. The Morgan fingerprint density at radius 2 is 1.58 bits per heavy atom. The minimum atomic E-state index is -3.50. The molecule has 0 radical (unpaired) electrons. The van der Waals surface area contributed by atoms with Gasteiger partial charge >= 0.3 is 0 Å². The van der Waals surface area contributed by atoms with Crippen molar-refractivity contribution < 1.29 is 8.42 Å². The van der Waals surface area contributed by atoms with Gasteiger partial charge in [-0.25, -0.2) is 8.42 Å². The van der Waals surface area contributed by atoms with Gasteiger partial charge in [0.05, 0.1) is 29.4 Å². The van der Waals surface area contributed by atoms with Crippen LogP contribution in [0.2, 0.25) is 0 Å². The van der Waals surface area contributed by atoms with Gasteiger partial charge in [-0.1, -0.05) is 60.2 Å². The molecule has 5 nitrogen and oxygen atoms in total. The van der Waals surface area contributed by atoms with E-state index in [-0.39, 0.29) is 5.75 Å². The second-order valence-electron chi connectivity index (χ2n) is 6.54. The molecule has 0 aliphatic rings. The van der Waals surface area contributed by atoms with Gasteiger partial charge in [0.2, 0.25) is 10.0 Å². The van der Waals surface area contributed by atoms with Gasteiger partial charge in [0.25, 0.3) is 0 Å². The van der Waals surface area contributed by atoms with E-state index in [4.69, 9.17) is 0 Å². The van der Waals surface area contributed by atoms with E-state index in [1.807, 2.05) is 43.7 Å². The van der Waals surface area contributed by atoms with E-state index in [9.17, 15) is 8.42 Å². The Bertz CT molecular complexity index is 992. The molecule has 6 heteroatoms. The quantitative estimate of drug-likeness (QED) is 0.719. The van der Waals surface area contributed by atoms with E-state index in [1.165, 1.54) is 5.56 Å². The van der Waals surface area contributed by atoms with E-state index in [2.05, 4.69) is 34.1 Å². The lowest BCUT2D eigenvalue weighted by atomic mass is 10.1. The molecule has 136 valence electrons. The van der Waals surface area contributed by atoms with Crippen molar-refractivity contribution >= 4 is 15.7 Å². The maximum atomic E-state index is 12.5. The average Bonchev–Trinajstić information content (AvgIpc) is 2.84. The first-order valence-corrected chi connectivity index (χ1v) is 10.1. The van der Waals surface area contributed by atoms with Crippen LogP contribution < -0.4 is 4.72 Å². The summed E-state index contributed by atoms with van der Waals surface area (Å²) in [5.41, 5.74) is 5.12. The van der Waals surface area contributed by atoms with Crippen molar-refractivity contribution in [3.63, 3.8) is 0 Å². The number of aryl methyl sites for hydroxylation is 2. The molecule has 3 aromatic rings. The zero-order valence-corrected chi connectivity index (χ0v) is 16.0. The minimum absolute atomic E-state index is 0.0597. The van der Waals surface area contributed by atoms with E-state index in [0.29, 0.717) is 17.9 Å². The molecule has 1 aromatic heterocycles. The van der Waals surface area contributed by atoms with Gasteiger partial charge in [0.1, 0.15) is 0 Å². The summed E-state index contributed by atoms with van der Waals surface area (Å²) in [7, 11) is -3.50. The second-order valence-corrected chi connectivity index (χ2v) is 8.26. The topological polar surface area (TPSA) is 64.0 Å². The van der Waals surface area contributed by atoms with E-state index >= 15 is 0 Å². The first-order valence-electron chi connectivity index (χ1n) is 8.48. The zero-order chi connectivity index (χ0) is 18.7. The van der Waals surface area contributed by atoms with E-state index in [0.717, 1.165) is 16.8 Å². The fourth-order valence-corrected chi connectivity index (χ4v) is 4.16. The Balaban J connectivity index is 1.80. The summed E-state index contributed by atoms with van der Waals surface area (Å²) in [5, 5.41) is 4.51. The molecule has 0 saturated carbocycles. The number of rotatable bonds is 6. The average molecular weight is 369 g/mol. The summed E-state index contributed by atoms with van der Waals surface area (Å²) in [4.78, 5) is 0. The number of nitrogens with one attached hydrogen (secondary N) is 1. The number of benzene rings is 2. The Morgan fingerprint density at radius 3 is 2.23 bits per heavy atom. The number of hydrogen-bond acceptors (Lipinski definition) is 3. The van der Waals surface area contributed by atoms with Crippen LogP contribution in [0.25, 0.3) is 0 Å². The molecule has 0 fully saturated rings. The lowest BCUT2D eigenvalue weighted by Gasteiger charge is -2.09. The number of anilines is 1. The lowest BCUT2D eigenvalue weighted by molar-refractivity contribution is 0.600. The van der Waals surface area contributed by atoms with Crippen molar-refractivity contribution in [2.75, 3.05) is 4.72 Å². The van der Waals surface area contributed by atoms with Crippen molar-refractivity contribution in [3.05, 3.63) is 82.7 Å². The fraction of sp³-hybridized carbons (Fsp3) is 0.250. The Hall–Kier alpha value is -2.60. The van der Waals surface area contributed by atoms with Crippen molar-refractivity contribution in [1.29, 1.82) is 0 Å². The molecule has 2 aromatic carbocycles. The fourth-order valence-electron chi connectivity index (χ4n) is 2.85. The van der Waals surface area contributed by atoms with Gasteiger partial charge in [-0.05, 0) is 31.9 Å². The molecule has 0 amide bonds. The highest BCUT2D eigenvalue weighted by molar-refractivity contribution is 7.91. The third-order valence-electron chi connectivity index (χ3n) is 4.29. The maximum Gasteiger partial charge on any atom is 0.237 e. The highest BCUT2D eigenvalue weighted by Gasteiger charge is 2.18. The molecule has 0 aliphatic carbocycles. The van der Waals surface area contributed by atoms with Crippen LogP contribution in [-0.4, -0.2) is 18.2 Å². The summed E-state index contributed by atoms with van der Waals surface area (Å²) in [6.45, 7) is 6.35. The molecule has 0 aliphatic heterocycles. The van der Waals surface area contributed by atoms with Crippen LogP contribution in [0.5, 0.6) is 0 Å². The van der Waals surface area contributed by atoms with Crippen LogP contribution in [0, 0.1) is 20.8 Å². The molecular formula is C20H23N3O2S. The zero-order valence-electron chi connectivity index (χ0n) is 15.2. The molecular weight excluding hydrogens is 346 g/mol. The number of aromatic nitrogens is 2. The van der Waals surface area contributed by atoms with Crippen molar-refractivity contribution in [1.82, 2.24) is 9.78 Å². The van der Waals surface area contributed by atoms with Gasteiger partial charge in [-0.15, -0.1) is 0 Å². The third kappa shape index (κ3) is 4.32. The van der Waals surface area contributed by atoms with Crippen LogP contribution >= 0.6 is 0 Å². The van der Waals surface area contributed by atoms with Crippen LogP contribution in [-0.2, 0) is 22.3 Å². The standard InChI is InChI=1S/C20H23N3O2S/c1-15-9-11-18(12-10-15)13-23-17(3)20(16(2)21-23)22-26(24,25)14-19-7-5-4-6-8-19/h4-12,22H,13-14H2,1-3H3. The van der Waals surface area contributed by atoms with Crippen LogP contribution in [0.1, 0.15) is 28.1 Å². The van der Waals surface area contributed by atoms with Gasteiger partial charge in [0.15, 0.2) is 0 Å². The molecule has 3 rings (SSSR count). The predicted molar refractivity (Wildman–Crippen MR) is 105 cm³/mol. The summed E-state index contributed by atoms with van der Waals surface area (Å²) in [6.07, 6.45) is 0. The molecule has 1 heterocycles. The van der Waals surface area contributed by atoms with Crippen molar-refractivity contribution in [3.8, 4) is 0 Å². The van der Waals surface area contributed by atoms with Crippen LogP contribution in [0.15, 0.2) is 54.6 Å². The Labute approximate surface area is 154 Å². The highest BCUT2D eigenvalue weighted by atomic mass is 32.2. The molecule has 26 heavy (non-hydrogen) atoms. The smallest absolute Gasteiger partial charge is 0.237 e. The normalized spacial score (nSPS) is 11.5. The summed E-state index contributed by atoms with van der Waals surface area (Å²) < 4.78 is 29.6. The lowest BCUT2D eigenvalue weighted by Crippen LogP contribution is -2.16.